The molecule has 0 atom stereocenters. The standard InChI is InChI=1S/C15H13N3O2/c16-8-9-20-12-5-3-4-11(10-12)18-15(19)13-6-1-2-7-14(13)17/h1-7,10H,9,17H2,(H,18,19). The Bertz CT molecular complexity index is 662. The van der Waals surface area contributed by atoms with Crippen LogP contribution in [0.3, 0.4) is 0 Å². The molecule has 0 aliphatic heterocycles. The zero-order valence-electron chi connectivity index (χ0n) is 10.7. The molecule has 0 saturated carbocycles. The van der Waals surface area contributed by atoms with Crippen LogP contribution in [0.25, 0.3) is 0 Å². The summed E-state index contributed by atoms with van der Waals surface area (Å²) >= 11 is 0. The third-order valence-electron chi connectivity index (χ3n) is 2.60. The number of hydrogen-bond acceptors (Lipinski definition) is 4. The molecule has 0 fully saturated rings. The molecule has 3 N–H and O–H groups in total. The van der Waals surface area contributed by atoms with Crippen molar-refractivity contribution in [2.24, 2.45) is 0 Å². The van der Waals surface area contributed by atoms with Crippen molar-refractivity contribution in [1.29, 1.82) is 5.26 Å². The number of ether oxygens (including phenoxy) is 1. The Balaban J connectivity index is 2.12. The van der Waals surface area contributed by atoms with Crippen molar-refractivity contribution in [3.8, 4) is 11.8 Å². The van der Waals surface area contributed by atoms with Gasteiger partial charge in [-0.1, -0.05) is 18.2 Å². The SMILES string of the molecule is N#CCOc1cccc(NC(=O)c2ccccc2N)c1. The maximum atomic E-state index is 12.1. The van der Waals surface area contributed by atoms with Gasteiger partial charge in [0.25, 0.3) is 5.91 Å². The summed E-state index contributed by atoms with van der Waals surface area (Å²) in [6.07, 6.45) is 0. The Hall–Kier alpha value is -3.00. The largest absolute Gasteiger partial charge is 0.479 e. The maximum Gasteiger partial charge on any atom is 0.257 e. The number of hydrogen-bond donors (Lipinski definition) is 2. The van der Waals surface area contributed by atoms with E-state index in [4.69, 9.17) is 15.7 Å². The molecule has 0 aliphatic carbocycles. The minimum absolute atomic E-state index is 0.0387. The second kappa shape index (κ2) is 6.25. The van der Waals surface area contributed by atoms with Gasteiger partial charge in [0.15, 0.2) is 6.61 Å². The van der Waals surface area contributed by atoms with Crippen LogP contribution < -0.4 is 15.8 Å². The van der Waals surface area contributed by atoms with Gasteiger partial charge in [0, 0.05) is 17.4 Å². The first-order valence-corrected chi connectivity index (χ1v) is 5.96. The molecule has 0 heterocycles. The predicted octanol–water partition coefficient (Wildman–Crippen LogP) is 2.42. The molecule has 20 heavy (non-hydrogen) atoms. The number of nitriles is 1. The highest BCUT2D eigenvalue weighted by atomic mass is 16.5. The number of nitrogens with two attached hydrogens (primary N) is 1. The van der Waals surface area contributed by atoms with Crippen molar-refractivity contribution in [1.82, 2.24) is 0 Å². The molecule has 0 unspecified atom stereocenters. The fourth-order valence-electron chi connectivity index (χ4n) is 1.68. The lowest BCUT2D eigenvalue weighted by Crippen LogP contribution is -2.13. The Kier molecular flexibility index (Phi) is 4.20. The number of amides is 1. The normalized spacial score (nSPS) is 9.55. The number of benzene rings is 2. The molecule has 0 aromatic heterocycles. The zero-order chi connectivity index (χ0) is 14.4. The number of nitrogen functional groups attached to an aromatic ring is 1. The van der Waals surface area contributed by atoms with Gasteiger partial charge in [0.05, 0.1) is 5.56 Å². The molecule has 0 radical (unpaired) electrons. The van der Waals surface area contributed by atoms with Gasteiger partial charge in [-0.25, -0.2) is 0 Å². The van der Waals surface area contributed by atoms with Gasteiger partial charge < -0.3 is 15.8 Å². The molecule has 0 spiro atoms. The van der Waals surface area contributed by atoms with E-state index in [2.05, 4.69) is 5.32 Å². The first kappa shape index (κ1) is 13.4. The zero-order valence-corrected chi connectivity index (χ0v) is 10.7. The number of carbonyl (C=O) groups is 1. The molecule has 0 saturated heterocycles. The molecule has 5 nitrogen and oxygen atoms in total. The van der Waals surface area contributed by atoms with Crippen molar-refractivity contribution >= 4 is 17.3 Å². The van der Waals surface area contributed by atoms with E-state index in [1.165, 1.54) is 0 Å². The minimum atomic E-state index is -0.291. The van der Waals surface area contributed by atoms with Gasteiger partial charge in [-0.2, -0.15) is 5.26 Å². The Labute approximate surface area is 116 Å². The fourth-order valence-corrected chi connectivity index (χ4v) is 1.68. The van der Waals surface area contributed by atoms with Crippen LogP contribution in [0.4, 0.5) is 11.4 Å². The Morgan fingerprint density at radius 3 is 2.80 bits per heavy atom. The number of para-hydroxylation sites is 1. The first-order chi connectivity index (χ1) is 9.70. The smallest absolute Gasteiger partial charge is 0.257 e. The summed E-state index contributed by atoms with van der Waals surface area (Å²) in [5.41, 5.74) is 7.16. The second-order valence-electron chi connectivity index (χ2n) is 4.02. The average molecular weight is 267 g/mol. The Morgan fingerprint density at radius 2 is 2.05 bits per heavy atom. The molecular formula is C15H13N3O2. The van der Waals surface area contributed by atoms with Crippen LogP contribution >= 0.6 is 0 Å². The molecule has 2 aromatic rings. The van der Waals surface area contributed by atoms with Crippen LogP contribution in [0.1, 0.15) is 10.4 Å². The highest BCUT2D eigenvalue weighted by Crippen LogP contribution is 2.19. The van der Waals surface area contributed by atoms with Gasteiger partial charge in [-0.3, -0.25) is 4.79 Å². The molecular weight excluding hydrogens is 254 g/mol. The molecule has 5 heteroatoms. The first-order valence-electron chi connectivity index (χ1n) is 5.96. The van der Waals surface area contributed by atoms with E-state index in [-0.39, 0.29) is 12.5 Å². The topological polar surface area (TPSA) is 88.1 Å². The summed E-state index contributed by atoms with van der Waals surface area (Å²) < 4.78 is 5.17. The maximum absolute atomic E-state index is 12.1. The minimum Gasteiger partial charge on any atom is -0.479 e. The van der Waals surface area contributed by atoms with E-state index in [9.17, 15) is 4.79 Å². The van der Waals surface area contributed by atoms with E-state index in [0.717, 1.165) is 0 Å². The summed E-state index contributed by atoms with van der Waals surface area (Å²) in [4.78, 5) is 12.1. The van der Waals surface area contributed by atoms with E-state index in [0.29, 0.717) is 22.7 Å². The lowest BCUT2D eigenvalue weighted by atomic mass is 10.1. The lowest BCUT2D eigenvalue weighted by molar-refractivity contribution is 0.102. The van der Waals surface area contributed by atoms with Gasteiger partial charge >= 0.3 is 0 Å². The summed E-state index contributed by atoms with van der Waals surface area (Å²) in [5.74, 6) is 0.228. The summed E-state index contributed by atoms with van der Waals surface area (Å²) in [5, 5.41) is 11.2. The van der Waals surface area contributed by atoms with Crippen LogP contribution in [0.15, 0.2) is 48.5 Å². The number of anilines is 2. The van der Waals surface area contributed by atoms with E-state index < -0.39 is 0 Å². The molecule has 0 aliphatic rings. The summed E-state index contributed by atoms with van der Waals surface area (Å²) in [6.45, 7) is -0.0387. The van der Waals surface area contributed by atoms with Crippen molar-refractivity contribution < 1.29 is 9.53 Å². The quantitative estimate of drug-likeness (QED) is 0.833. The molecule has 0 bridgehead atoms. The molecule has 1 amide bonds. The average Bonchev–Trinajstić information content (AvgIpc) is 2.46. The third-order valence-corrected chi connectivity index (χ3v) is 2.60. The highest BCUT2D eigenvalue weighted by molar-refractivity contribution is 6.07. The van der Waals surface area contributed by atoms with Crippen molar-refractivity contribution in [2.75, 3.05) is 17.7 Å². The second-order valence-corrected chi connectivity index (χ2v) is 4.02. The Morgan fingerprint density at radius 1 is 1.25 bits per heavy atom. The monoisotopic (exact) mass is 267 g/mol. The molecule has 2 rings (SSSR count). The number of nitrogens with zero attached hydrogens (tertiary/aromatic N) is 1. The van der Waals surface area contributed by atoms with Crippen LogP contribution in [0.5, 0.6) is 5.75 Å². The summed E-state index contributed by atoms with van der Waals surface area (Å²) in [7, 11) is 0. The van der Waals surface area contributed by atoms with Gasteiger partial charge in [-0.15, -0.1) is 0 Å². The van der Waals surface area contributed by atoms with E-state index in [1.807, 2.05) is 6.07 Å². The van der Waals surface area contributed by atoms with Crippen LogP contribution in [-0.2, 0) is 0 Å². The predicted molar refractivity (Wildman–Crippen MR) is 76.4 cm³/mol. The van der Waals surface area contributed by atoms with Gasteiger partial charge in [-0.05, 0) is 24.3 Å². The van der Waals surface area contributed by atoms with Crippen molar-refractivity contribution in [3.05, 3.63) is 54.1 Å². The van der Waals surface area contributed by atoms with Gasteiger partial charge in [0.1, 0.15) is 11.8 Å². The van der Waals surface area contributed by atoms with Gasteiger partial charge in [0.2, 0.25) is 0 Å². The summed E-state index contributed by atoms with van der Waals surface area (Å²) in [6, 6.07) is 15.5. The highest BCUT2D eigenvalue weighted by Gasteiger charge is 2.09. The van der Waals surface area contributed by atoms with Crippen LogP contribution in [0.2, 0.25) is 0 Å². The third kappa shape index (κ3) is 3.27. The number of carbonyl (C=O) groups excluding carboxylic acids is 1. The number of rotatable bonds is 4. The van der Waals surface area contributed by atoms with E-state index >= 15 is 0 Å². The lowest BCUT2D eigenvalue weighted by Gasteiger charge is -2.08. The van der Waals surface area contributed by atoms with Crippen molar-refractivity contribution in [2.45, 2.75) is 0 Å². The molecule has 100 valence electrons. The van der Waals surface area contributed by atoms with Crippen LogP contribution in [-0.4, -0.2) is 12.5 Å². The fraction of sp³-hybridized carbons (Fsp3) is 0.0667. The number of nitrogens with one attached hydrogen (secondary N) is 1. The molecule has 2 aromatic carbocycles. The van der Waals surface area contributed by atoms with Crippen molar-refractivity contribution in [3.63, 3.8) is 0 Å². The van der Waals surface area contributed by atoms with E-state index in [1.54, 1.807) is 48.5 Å². The van der Waals surface area contributed by atoms with Crippen LogP contribution in [0, 0.1) is 11.3 Å².